The largest absolute Gasteiger partial charge is 0.463 e. The lowest BCUT2D eigenvalue weighted by molar-refractivity contribution is -0.208. The van der Waals surface area contributed by atoms with Crippen molar-refractivity contribution in [2.45, 2.75) is 96.0 Å². The molecule has 1 rings (SSSR count). The van der Waals surface area contributed by atoms with Crippen LogP contribution in [-0.4, -0.2) is 60.1 Å². The fraction of sp³-hybridized carbons (Fsp3) is 0.850. The third kappa shape index (κ3) is 10.3. The van der Waals surface area contributed by atoms with E-state index in [4.69, 9.17) is 24.5 Å². The number of thioether (sulfide) groups is 1. The van der Waals surface area contributed by atoms with Crippen LogP contribution in [0.3, 0.4) is 0 Å². The SMILES string of the molecule is CCCCCCCCS[C@H]1O[C@H](COC(C)=O)[C@@H](OC(C)=O)[C@H](OC(C)=O)[C@H]1N=[N+]=[N-]. The number of rotatable bonds is 13. The Kier molecular flexibility index (Phi) is 13.0. The zero-order chi connectivity index (χ0) is 23.2. The van der Waals surface area contributed by atoms with Gasteiger partial charge in [0.25, 0.3) is 0 Å². The van der Waals surface area contributed by atoms with Gasteiger partial charge in [-0.3, -0.25) is 14.4 Å². The van der Waals surface area contributed by atoms with Crippen molar-refractivity contribution in [3.05, 3.63) is 10.4 Å². The average molecular weight is 460 g/mol. The Morgan fingerprint density at radius 2 is 1.58 bits per heavy atom. The monoisotopic (exact) mass is 459 g/mol. The summed E-state index contributed by atoms with van der Waals surface area (Å²) in [4.78, 5) is 37.6. The fourth-order valence-corrected chi connectivity index (χ4v) is 4.52. The highest BCUT2D eigenvalue weighted by Crippen LogP contribution is 2.34. The van der Waals surface area contributed by atoms with Crippen molar-refractivity contribution in [2.24, 2.45) is 5.11 Å². The van der Waals surface area contributed by atoms with Crippen molar-refractivity contribution in [3.63, 3.8) is 0 Å². The standard InChI is InChI=1S/C20H33N3O7S/c1-5-6-7-8-9-10-11-31-20-17(22-23-21)19(29-15(4)26)18(28-14(3)25)16(30-20)12-27-13(2)24/h16-20H,5-12H2,1-4H3/t16-,17-,18-,19-,20-/m1/s1. The van der Waals surface area contributed by atoms with Gasteiger partial charge >= 0.3 is 17.9 Å². The molecule has 0 aromatic heterocycles. The van der Waals surface area contributed by atoms with Crippen LogP contribution >= 0.6 is 11.8 Å². The second kappa shape index (κ2) is 14.9. The van der Waals surface area contributed by atoms with Crippen LogP contribution in [0.5, 0.6) is 0 Å². The molecule has 31 heavy (non-hydrogen) atoms. The zero-order valence-corrected chi connectivity index (χ0v) is 19.5. The number of azide groups is 1. The maximum Gasteiger partial charge on any atom is 0.303 e. The van der Waals surface area contributed by atoms with E-state index >= 15 is 0 Å². The van der Waals surface area contributed by atoms with E-state index in [0.29, 0.717) is 0 Å². The third-order valence-electron chi connectivity index (χ3n) is 4.63. The van der Waals surface area contributed by atoms with Crippen LogP contribution in [0, 0.1) is 0 Å². The number of carbonyl (C=O) groups is 3. The third-order valence-corrected chi connectivity index (χ3v) is 5.88. The summed E-state index contributed by atoms with van der Waals surface area (Å²) in [6.07, 6.45) is 3.77. The van der Waals surface area contributed by atoms with Gasteiger partial charge in [-0.05, 0) is 17.7 Å². The van der Waals surface area contributed by atoms with Gasteiger partial charge in [-0.25, -0.2) is 0 Å². The Morgan fingerprint density at radius 3 is 2.16 bits per heavy atom. The minimum Gasteiger partial charge on any atom is -0.463 e. The van der Waals surface area contributed by atoms with Gasteiger partial charge in [0, 0.05) is 25.7 Å². The van der Waals surface area contributed by atoms with Crippen molar-refractivity contribution in [3.8, 4) is 0 Å². The molecule has 1 saturated heterocycles. The summed E-state index contributed by atoms with van der Waals surface area (Å²) >= 11 is 1.44. The van der Waals surface area contributed by atoms with E-state index in [1.165, 1.54) is 51.8 Å². The summed E-state index contributed by atoms with van der Waals surface area (Å²) in [5.41, 5.74) is 8.42. The number of unbranched alkanes of at least 4 members (excludes halogenated alkanes) is 5. The Morgan fingerprint density at radius 1 is 0.968 bits per heavy atom. The maximum absolute atomic E-state index is 11.7. The normalized spacial score (nSPS) is 25.2. The first-order valence-corrected chi connectivity index (χ1v) is 11.6. The number of hydrogen-bond donors (Lipinski definition) is 0. The molecule has 0 aromatic rings. The Hall–Kier alpha value is -1.97. The molecule has 0 spiro atoms. The van der Waals surface area contributed by atoms with Gasteiger partial charge in [0.05, 0.1) is 0 Å². The second-order valence-electron chi connectivity index (χ2n) is 7.33. The molecule has 0 N–H and O–H groups in total. The van der Waals surface area contributed by atoms with E-state index in [2.05, 4.69) is 16.9 Å². The van der Waals surface area contributed by atoms with E-state index < -0.39 is 47.7 Å². The predicted molar refractivity (Wildman–Crippen MR) is 115 cm³/mol. The highest BCUT2D eigenvalue weighted by Gasteiger charge is 2.50. The Labute approximate surface area is 187 Å². The van der Waals surface area contributed by atoms with Gasteiger partial charge in [0.2, 0.25) is 0 Å². The summed E-state index contributed by atoms with van der Waals surface area (Å²) in [6.45, 7) is 5.65. The quantitative estimate of drug-likeness (QED) is 0.101. The molecule has 1 heterocycles. The van der Waals surface area contributed by atoms with Gasteiger partial charge in [-0.15, -0.1) is 11.8 Å². The summed E-state index contributed by atoms with van der Waals surface area (Å²) in [6, 6.07) is -0.906. The molecule has 0 aromatic carbocycles. The predicted octanol–water partition coefficient (Wildman–Crippen LogP) is 3.91. The fourth-order valence-electron chi connectivity index (χ4n) is 3.29. The van der Waals surface area contributed by atoms with Crippen LogP contribution in [0.4, 0.5) is 0 Å². The van der Waals surface area contributed by atoms with E-state index in [1.54, 1.807) is 0 Å². The second-order valence-corrected chi connectivity index (χ2v) is 8.53. The van der Waals surface area contributed by atoms with Crippen molar-refractivity contribution >= 4 is 29.7 Å². The molecular formula is C20H33N3O7S. The number of ether oxygens (including phenoxy) is 4. The lowest BCUT2D eigenvalue weighted by atomic mass is 9.98. The summed E-state index contributed by atoms with van der Waals surface area (Å²) in [7, 11) is 0. The molecule has 0 saturated carbocycles. The minimum atomic E-state index is -1.08. The van der Waals surface area contributed by atoms with E-state index in [9.17, 15) is 14.4 Å². The van der Waals surface area contributed by atoms with Gasteiger partial charge in [0.1, 0.15) is 24.2 Å². The number of carbonyl (C=O) groups excluding carboxylic acids is 3. The van der Waals surface area contributed by atoms with Gasteiger partial charge in [-0.1, -0.05) is 44.1 Å². The molecule has 0 amide bonds. The molecular weight excluding hydrogens is 426 g/mol. The van der Waals surface area contributed by atoms with Crippen LogP contribution in [0.1, 0.15) is 66.2 Å². The smallest absolute Gasteiger partial charge is 0.303 e. The molecule has 0 bridgehead atoms. The maximum atomic E-state index is 11.7. The van der Waals surface area contributed by atoms with Crippen LogP contribution in [0.25, 0.3) is 10.4 Å². The van der Waals surface area contributed by atoms with Crippen molar-refractivity contribution in [1.82, 2.24) is 0 Å². The molecule has 5 atom stereocenters. The topological polar surface area (TPSA) is 137 Å². The molecule has 10 nitrogen and oxygen atoms in total. The molecule has 0 radical (unpaired) electrons. The van der Waals surface area contributed by atoms with Gasteiger partial charge < -0.3 is 18.9 Å². The molecule has 0 unspecified atom stereocenters. The lowest BCUT2D eigenvalue weighted by Gasteiger charge is -2.43. The Bertz CT molecular complexity index is 642. The summed E-state index contributed by atoms with van der Waals surface area (Å²) in [5, 5.41) is 3.78. The molecule has 1 aliphatic heterocycles. The number of esters is 3. The van der Waals surface area contributed by atoms with E-state index in [0.717, 1.165) is 25.0 Å². The summed E-state index contributed by atoms with van der Waals surface area (Å²) < 4.78 is 21.8. The minimum absolute atomic E-state index is 0.192. The molecule has 1 fully saturated rings. The number of nitrogens with zero attached hydrogens (tertiary/aromatic N) is 3. The summed E-state index contributed by atoms with van der Waals surface area (Å²) in [5.74, 6) is -1.02. The van der Waals surface area contributed by atoms with E-state index in [-0.39, 0.29) is 6.61 Å². The first-order chi connectivity index (χ1) is 14.8. The van der Waals surface area contributed by atoms with Crippen LogP contribution in [0.2, 0.25) is 0 Å². The highest BCUT2D eigenvalue weighted by molar-refractivity contribution is 7.99. The van der Waals surface area contributed by atoms with Gasteiger partial charge in [-0.2, -0.15) is 0 Å². The first-order valence-electron chi connectivity index (χ1n) is 10.6. The van der Waals surface area contributed by atoms with Crippen LogP contribution < -0.4 is 0 Å². The van der Waals surface area contributed by atoms with Crippen LogP contribution in [0.15, 0.2) is 5.11 Å². The van der Waals surface area contributed by atoms with Crippen molar-refractivity contribution in [1.29, 1.82) is 0 Å². The molecule has 1 aliphatic rings. The van der Waals surface area contributed by atoms with Crippen molar-refractivity contribution in [2.75, 3.05) is 12.4 Å². The average Bonchev–Trinajstić information content (AvgIpc) is 2.69. The number of hydrogen-bond acceptors (Lipinski definition) is 9. The lowest BCUT2D eigenvalue weighted by Crippen LogP contribution is -2.59. The molecule has 0 aliphatic carbocycles. The van der Waals surface area contributed by atoms with Crippen molar-refractivity contribution < 1.29 is 33.3 Å². The highest BCUT2D eigenvalue weighted by atomic mass is 32.2. The molecule has 11 heteroatoms. The van der Waals surface area contributed by atoms with Gasteiger partial charge in [0.15, 0.2) is 12.2 Å². The van der Waals surface area contributed by atoms with Crippen LogP contribution in [-0.2, 0) is 33.3 Å². The zero-order valence-electron chi connectivity index (χ0n) is 18.7. The first kappa shape index (κ1) is 27.1. The van der Waals surface area contributed by atoms with E-state index in [1.807, 2.05) is 0 Å². The Balaban J connectivity index is 2.97. The molecule has 176 valence electrons.